The molecule has 2 aromatic carbocycles. The lowest BCUT2D eigenvalue weighted by Gasteiger charge is -2.09. The van der Waals surface area contributed by atoms with Crippen LogP contribution in [0.4, 0.5) is 8.78 Å². The minimum absolute atomic E-state index is 0.0756. The lowest BCUT2D eigenvalue weighted by molar-refractivity contribution is 0.0985. The molecule has 1 nitrogen and oxygen atoms in total. The Kier molecular flexibility index (Phi) is 3.51. The molecule has 0 aromatic heterocycles. The number of hydrogen-bond acceptors (Lipinski definition) is 1. The summed E-state index contributed by atoms with van der Waals surface area (Å²) in [5.41, 5.74) is 1.21. The molecular weight excluding hydrogens is 234 g/mol. The first-order chi connectivity index (χ1) is 8.63. The monoisotopic (exact) mass is 246 g/mol. The Hall–Kier alpha value is -2.03. The molecule has 0 atom stereocenters. The van der Waals surface area contributed by atoms with Crippen molar-refractivity contribution in [3.8, 4) is 11.1 Å². The van der Waals surface area contributed by atoms with Gasteiger partial charge in [-0.2, -0.15) is 0 Å². The second kappa shape index (κ2) is 5.08. The highest BCUT2D eigenvalue weighted by molar-refractivity contribution is 6.02. The van der Waals surface area contributed by atoms with Crippen molar-refractivity contribution in [2.75, 3.05) is 0 Å². The van der Waals surface area contributed by atoms with Gasteiger partial charge in [-0.3, -0.25) is 4.79 Å². The zero-order chi connectivity index (χ0) is 13.1. The Morgan fingerprint density at radius 2 is 1.72 bits per heavy atom. The molecule has 3 heteroatoms. The normalized spacial score (nSPS) is 10.4. The van der Waals surface area contributed by atoms with E-state index in [0.717, 1.165) is 0 Å². The molecule has 0 radical (unpaired) electrons. The third-order valence-corrected chi connectivity index (χ3v) is 2.77. The molecule has 18 heavy (non-hydrogen) atoms. The highest BCUT2D eigenvalue weighted by Crippen LogP contribution is 2.27. The Morgan fingerprint density at radius 3 is 2.33 bits per heavy atom. The molecule has 0 saturated heterocycles. The molecule has 2 aromatic rings. The van der Waals surface area contributed by atoms with E-state index in [1.54, 1.807) is 19.1 Å². The topological polar surface area (TPSA) is 17.1 Å². The van der Waals surface area contributed by atoms with E-state index in [9.17, 15) is 13.6 Å². The van der Waals surface area contributed by atoms with E-state index >= 15 is 0 Å². The maximum atomic E-state index is 13.8. The summed E-state index contributed by atoms with van der Waals surface area (Å²) in [4.78, 5) is 11.8. The third kappa shape index (κ3) is 2.30. The number of benzene rings is 2. The summed E-state index contributed by atoms with van der Waals surface area (Å²) in [6, 6.07) is 10.1. The first-order valence-corrected chi connectivity index (χ1v) is 5.71. The van der Waals surface area contributed by atoms with Gasteiger partial charge in [0.1, 0.15) is 11.6 Å². The quantitative estimate of drug-likeness (QED) is 0.741. The summed E-state index contributed by atoms with van der Waals surface area (Å²) < 4.78 is 26.6. The number of ketones is 1. The van der Waals surface area contributed by atoms with E-state index in [2.05, 4.69) is 0 Å². The fourth-order valence-corrected chi connectivity index (χ4v) is 1.85. The summed E-state index contributed by atoms with van der Waals surface area (Å²) in [6.07, 6.45) is 0.231. The lowest BCUT2D eigenvalue weighted by atomic mass is 9.95. The molecule has 0 spiro atoms. The first kappa shape index (κ1) is 12.4. The van der Waals surface area contributed by atoms with Crippen LogP contribution >= 0.6 is 0 Å². The van der Waals surface area contributed by atoms with Gasteiger partial charge in [0.25, 0.3) is 0 Å². The van der Waals surface area contributed by atoms with Crippen molar-refractivity contribution in [2.45, 2.75) is 13.3 Å². The van der Waals surface area contributed by atoms with Crippen LogP contribution in [-0.2, 0) is 0 Å². The Morgan fingerprint density at radius 1 is 1.06 bits per heavy atom. The molecule has 2 rings (SSSR count). The van der Waals surface area contributed by atoms with E-state index in [0.29, 0.717) is 11.1 Å². The van der Waals surface area contributed by atoms with Crippen molar-refractivity contribution in [3.05, 3.63) is 59.7 Å². The van der Waals surface area contributed by atoms with Crippen LogP contribution in [0.15, 0.2) is 42.5 Å². The average molecular weight is 246 g/mol. The van der Waals surface area contributed by atoms with Gasteiger partial charge in [0.05, 0.1) is 5.56 Å². The van der Waals surface area contributed by atoms with Crippen LogP contribution in [0.25, 0.3) is 11.1 Å². The standard InChI is InChI=1S/C15H12F2O/c1-2-14(18)15-12(4-3-5-13(15)17)10-6-8-11(16)9-7-10/h3-9H,2H2,1H3. The number of carbonyl (C=O) groups is 1. The van der Waals surface area contributed by atoms with Gasteiger partial charge in [0.2, 0.25) is 0 Å². The van der Waals surface area contributed by atoms with Crippen molar-refractivity contribution >= 4 is 5.78 Å². The molecule has 0 heterocycles. The fraction of sp³-hybridized carbons (Fsp3) is 0.133. The van der Waals surface area contributed by atoms with E-state index in [4.69, 9.17) is 0 Å². The molecule has 0 saturated carbocycles. The van der Waals surface area contributed by atoms with Gasteiger partial charge in [-0.1, -0.05) is 31.2 Å². The maximum Gasteiger partial charge on any atom is 0.166 e. The van der Waals surface area contributed by atoms with Crippen molar-refractivity contribution < 1.29 is 13.6 Å². The second-order valence-corrected chi connectivity index (χ2v) is 3.95. The van der Waals surface area contributed by atoms with Crippen LogP contribution < -0.4 is 0 Å². The Balaban J connectivity index is 2.60. The molecule has 0 N–H and O–H groups in total. The van der Waals surface area contributed by atoms with Gasteiger partial charge in [0.15, 0.2) is 5.78 Å². The van der Waals surface area contributed by atoms with E-state index in [-0.39, 0.29) is 23.6 Å². The van der Waals surface area contributed by atoms with Gasteiger partial charge in [-0.05, 0) is 29.3 Å². The zero-order valence-corrected chi connectivity index (χ0v) is 9.91. The number of rotatable bonds is 3. The summed E-state index contributed by atoms with van der Waals surface area (Å²) in [7, 11) is 0. The minimum Gasteiger partial charge on any atom is -0.294 e. The Labute approximate surface area is 104 Å². The molecule has 0 aliphatic rings. The number of carbonyl (C=O) groups excluding carboxylic acids is 1. The summed E-state index contributed by atoms with van der Waals surface area (Å²) >= 11 is 0. The van der Waals surface area contributed by atoms with Crippen LogP contribution in [0.1, 0.15) is 23.7 Å². The first-order valence-electron chi connectivity index (χ1n) is 5.71. The summed E-state index contributed by atoms with van der Waals surface area (Å²) in [6.45, 7) is 1.68. The summed E-state index contributed by atoms with van der Waals surface area (Å²) in [5.74, 6) is -1.16. The molecule has 0 amide bonds. The zero-order valence-electron chi connectivity index (χ0n) is 9.91. The van der Waals surface area contributed by atoms with Crippen LogP contribution in [0.2, 0.25) is 0 Å². The Bertz CT molecular complexity index is 574. The maximum absolute atomic E-state index is 13.8. The van der Waals surface area contributed by atoms with E-state index < -0.39 is 5.82 Å². The third-order valence-electron chi connectivity index (χ3n) is 2.77. The van der Waals surface area contributed by atoms with Crippen molar-refractivity contribution in [1.29, 1.82) is 0 Å². The molecular formula is C15H12F2O. The minimum atomic E-state index is -0.538. The van der Waals surface area contributed by atoms with Crippen molar-refractivity contribution in [2.24, 2.45) is 0 Å². The molecule has 0 unspecified atom stereocenters. The van der Waals surface area contributed by atoms with Crippen LogP contribution in [-0.4, -0.2) is 5.78 Å². The predicted molar refractivity (Wildman–Crippen MR) is 66.4 cm³/mol. The SMILES string of the molecule is CCC(=O)c1c(F)cccc1-c1ccc(F)cc1. The van der Waals surface area contributed by atoms with E-state index in [1.165, 1.54) is 30.3 Å². The van der Waals surface area contributed by atoms with Crippen molar-refractivity contribution in [3.63, 3.8) is 0 Å². The highest BCUT2D eigenvalue weighted by atomic mass is 19.1. The molecule has 0 aliphatic heterocycles. The van der Waals surface area contributed by atoms with Crippen molar-refractivity contribution in [1.82, 2.24) is 0 Å². The average Bonchev–Trinajstić information content (AvgIpc) is 2.38. The second-order valence-electron chi connectivity index (χ2n) is 3.95. The van der Waals surface area contributed by atoms with Gasteiger partial charge < -0.3 is 0 Å². The van der Waals surface area contributed by atoms with Crippen LogP contribution in [0.3, 0.4) is 0 Å². The molecule has 0 fully saturated rings. The molecule has 0 bridgehead atoms. The smallest absolute Gasteiger partial charge is 0.166 e. The number of Topliss-reactive ketones (excluding diaryl/α,β-unsaturated/α-hetero) is 1. The van der Waals surface area contributed by atoms with E-state index in [1.807, 2.05) is 0 Å². The van der Waals surface area contributed by atoms with Crippen LogP contribution in [0.5, 0.6) is 0 Å². The molecule has 0 aliphatic carbocycles. The number of hydrogen-bond donors (Lipinski definition) is 0. The largest absolute Gasteiger partial charge is 0.294 e. The van der Waals surface area contributed by atoms with Gasteiger partial charge in [0, 0.05) is 6.42 Å². The highest BCUT2D eigenvalue weighted by Gasteiger charge is 2.15. The van der Waals surface area contributed by atoms with Crippen LogP contribution in [0, 0.1) is 11.6 Å². The fourth-order valence-electron chi connectivity index (χ4n) is 1.85. The summed E-state index contributed by atoms with van der Waals surface area (Å²) in [5, 5.41) is 0. The number of halogens is 2. The predicted octanol–water partition coefficient (Wildman–Crippen LogP) is 4.22. The van der Waals surface area contributed by atoms with Gasteiger partial charge in [-0.15, -0.1) is 0 Å². The molecule has 92 valence electrons. The van der Waals surface area contributed by atoms with Gasteiger partial charge >= 0.3 is 0 Å². The van der Waals surface area contributed by atoms with Gasteiger partial charge in [-0.25, -0.2) is 8.78 Å². The lowest BCUT2D eigenvalue weighted by Crippen LogP contribution is -2.03.